The third-order valence-corrected chi connectivity index (χ3v) is 7.25. The molecular formula is C33H39N3O. The number of imidazole rings is 1. The van der Waals surface area contributed by atoms with Crippen LogP contribution in [0.25, 0.3) is 22.6 Å². The minimum Gasteiger partial charge on any atom is -0.493 e. The topological polar surface area (TPSA) is 30.3 Å². The SMILES string of the molecule is CCCCN(Cc1ccc2c(c1)CCO2)Cc1c(-c2ccccc2)nc(-c2ccccc2)n1CCCC. The van der Waals surface area contributed by atoms with Crippen LogP contribution in [0.1, 0.15) is 56.4 Å². The number of nitrogens with zero attached hydrogens (tertiary/aromatic N) is 3. The third-order valence-electron chi connectivity index (χ3n) is 7.25. The molecule has 0 radical (unpaired) electrons. The first kappa shape index (κ1) is 25.3. The smallest absolute Gasteiger partial charge is 0.140 e. The van der Waals surface area contributed by atoms with Crippen molar-refractivity contribution >= 4 is 0 Å². The van der Waals surface area contributed by atoms with Gasteiger partial charge >= 0.3 is 0 Å². The second-order valence-electron chi connectivity index (χ2n) is 10.1. The van der Waals surface area contributed by atoms with Gasteiger partial charge in [0.1, 0.15) is 11.6 Å². The van der Waals surface area contributed by atoms with Crippen molar-refractivity contribution in [2.24, 2.45) is 0 Å². The highest BCUT2D eigenvalue weighted by molar-refractivity contribution is 5.68. The molecule has 0 amide bonds. The van der Waals surface area contributed by atoms with Gasteiger partial charge in [0.15, 0.2) is 0 Å². The van der Waals surface area contributed by atoms with E-state index in [0.717, 1.165) is 69.3 Å². The third kappa shape index (κ3) is 5.97. The van der Waals surface area contributed by atoms with E-state index in [9.17, 15) is 0 Å². The molecule has 5 rings (SSSR count). The lowest BCUT2D eigenvalue weighted by Crippen LogP contribution is -2.26. The van der Waals surface area contributed by atoms with E-state index in [1.165, 1.54) is 40.8 Å². The molecule has 4 nitrogen and oxygen atoms in total. The molecule has 37 heavy (non-hydrogen) atoms. The zero-order valence-corrected chi connectivity index (χ0v) is 22.3. The predicted molar refractivity (Wildman–Crippen MR) is 153 cm³/mol. The van der Waals surface area contributed by atoms with Gasteiger partial charge in [-0.05, 0) is 36.6 Å². The van der Waals surface area contributed by atoms with Gasteiger partial charge in [0, 0.05) is 37.2 Å². The maximum atomic E-state index is 5.76. The largest absolute Gasteiger partial charge is 0.493 e. The molecular weight excluding hydrogens is 454 g/mol. The summed E-state index contributed by atoms with van der Waals surface area (Å²) < 4.78 is 8.25. The Bertz CT molecular complexity index is 1280. The normalized spacial score (nSPS) is 12.6. The quantitative estimate of drug-likeness (QED) is 0.202. The summed E-state index contributed by atoms with van der Waals surface area (Å²) in [4.78, 5) is 7.92. The molecule has 0 unspecified atom stereocenters. The molecule has 4 heteroatoms. The maximum Gasteiger partial charge on any atom is 0.140 e. The number of ether oxygens (including phenoxy) is 1. The minimum atomic E-state index is 0.803. The van der Waals surface area contributed by atoms with Crippen LogP contribution in [0.3, 0.4) is 0 Å². The van der Waals surface area contributed by atoms with Crippen LogP contribution in [0.4, 0.5) is 0 Å². The van der Waals surface area contributed by atoms with Crippen LogP contribution in [0.15, 0.2) is 78.9 Å². The summed E-state index contributed by atoms with van der Waals surface area (Å²) in [5.74, 6) is 2.13. The van der Waals surface area contributed by atoms with E-state index in [4.69, 9.17) is 9.72 Å². The zero-order chi connectivity index (χ0) is 25.5. The minimum absolute atomic E-state index is 0.803. The van der Waals surface area contributed by atoms with Gasteiger partial charge in [-0.15, -0.1) is 0 Å². The fourth-order valence-corrected chi connectivity index (χ4v) is 5.24. The van der Waals surface area contributed by atoms with E-state index in [0.29, 0.717) is 0 Å². The highest BCUT2D eigenvalue weighted by atomic mass is 16.5. The fourth-order valence-electron chi connectivity index (χ4n) is 5.24. The number of unbranched alkanes of at least 4 members (excludes halogenated alkanes) is 2. The summed E-state index contributed by atoms with van der Waals surface area (Å²) in [5.41, 5.74) is 7.51. The molecule has 2 heterocycles. The fraction of sp³-hybridized carbons (Fsp3) is 0.364. The summed E-state index contributed by atoms with van der Waals surface area (Å²) in [6.45, 7) is 9.20. The van der Waals surface area contributed by atoms with Crippen LogP contribution in [0.5, 0.6) is 5.75 Å². The highest BCUT2D eigenvalue weighted by Gasteiger charge is 2.22. The molecule has 0 spiro atoms. The van der Waals surface area contributed by atoms with Gasteiger partial charge in [0.2, 0.25) is 0 Å². The van der Waals surface area contributed by atoms with Gasteiger partial charge in [-0.2, -0.15) is 0 Å². The lowest BCUT2D eigenvalue weighted by atomic mass is 10.1. The zero-order valence-electron chi connectivity index (χ0n) is 22.3. The highest BCUT2D eigenvalue weighted by Crippen LogP contribution is 2.32. The van der Waals surface area contributed by atoms with Crippen molar-refractivity contribution in [1.82, 2.24) is 14.5 Å². The van der Waals surface area contributed by atoms with Gasteiger partial charge < -0.3 is 9.30 Å². The van der Waals surface area contributed by atoms with E-state index in [-0.39, 0.29) is 0 Å². The van der Waals surface area contributed by atoms with Crippen molar-refractivity contribution in [3.05, 3.63) is 95.7 Å². The van der Waals surface area contributed by atoms with Gasteiger partial charge in [-0.1, -0.05) is 99.5 Å². The molecule has 3 aromatic carbocycles. The Morgan fingerprint density at radius 2 is 1.57 bits per heavy atom. The second kappa shape index (κ2) is 12.2. The van der Waals surface area contributed by atoms with Crippen molar-refractivity contribution in [3.8, 4) is 28.4 Å². The van der Waals surface area contributed by atoms with Crippen LogP contribution >= 0.6 is 0 Å². The molecule has 0 atom stereocenters. The summed E-state index contributed by atoms with van der Waals surface area (Å²) >= 11 is 0. The van der Waals surface area contributed by atoms with Crippen LogP contribution in [-0.2, 0) is 26.1 Å². The van der Waals surface area contributed by atoms with Crippen molar-refractivity contribution < 1.29 is 4.74 Å². The van der Waals surface area contributed by atoms with Gasteiger partial charge in [-0.25, -0.2) is 4.98 Å². The number of fused-ring (bicyclic) bond motifs is 1. The molecule has 192 valence electrons. The molecule has 1 aliphatic heterocycles. The number of aromatic nitrogens is 2. The number of hydrogen-bond donors (Lipinski definition) is 0. The Morgan fingerprint density at radius 1 is 0.838 bits per heavy atom. The van der Waals surface area contributed by atoms with Crippen molar-refractivity contribution in [2.45, 2.75) is 65.6 Å². The predicted octanol–water partition coefficient (Wildman–Crippen LogP) is 7.75. The Morgan fingerprint density at radius 3 is 2.30 bits per heavy atom. The van der Waals surface area contributed by atoms with Crippen LogP contribution in [-0.4, -0.2) is 27.6 Å². The van der Waals surface area contributed by atoms with E-state index in [1.807, 2.05) is 0 Å². The van der Waals surface area contributed by atoms with Crippen molar-refractivity contribution in [2.75, 3.05) is 13.2 Å². The molecule has 0 N–H and O–H groups in total. The first-order chi connectivity index (χ1) is 18.3. The van der Waals surface area contributed by atoms with E-state index < -0.39 is 0 Å². The van der Waals surface area contributed by atoms with Gasteiger partial charge in [0.05, 0.1) is 18.0 Å². The molecule has 1 aromatic heterocycles. The average Bonchev–Trinajstić information content (AvgIpc) is 3.56. The van der Waals surface area contributed by atoms with Crippen LogP contribution in [0, 0.1) is 0 Å². The number of benzene rings is 3. The number of rotatable bonds is 12. The number of hydrogen-bond acceptors (Lipinski definition) is 3. The Hall–Kier alpha value is -3.37. The summed E-state index contributed by atoms with van der Waals surface area (Å²) in [5, 5.41) is 0. The van der Waals surface area contributed by atoms with Gasteiger partial charge in [-0.3, -0.25) is 4.90 Å². The lowest BCUT2D eigenvalue weighted by molar-refractivity contribution is 0.246. The molecule has 4 aromatic rings. The first-order valence-electron chi connectivity index (χ1n) is 13.9. The molecule has 0 bridgehead atoms. The van der Waals surface area contributed by atoms with E-state index in [2.05, 4.69) is 102 Å². The lowest BCUT2D eigenvalue weighted by Gasteiger charge is -2.24. The van der Waals surface area contributed by atoms with Crippen LogP contribution in [0.2, 0.25) is 0 Å². The van der Waals surface area contributed by atoms with Crippen LogP contribution < -0.4 is 4.74 Å². The standard InChI is InChI=1S/C33H39N3O/c1-3-5-20-35(24-26-17-18-31-29(23-26)19-22-37-31)25-30-32(27-13-9-7-10-14-27)34-33(36(30)21-6-4-2)28-15-11-8-12-16-28/h7-18,23H,3-6,19-22,24-25H2,1-2H3. The second-order valence-corrected chi connectivity index (χ2v) is 10.1. The van der Waals surface area contributed by atoms with Crippen molar-refractivity contribution in [1.29, 1.82) is 0 Å². The first-order valence-corrected chi connectivity index (χ1v) is 13.9. The maximum absolute atomic E-state index is 5.76. The molecule has 0 saturated heterocycles. The Kier molecular flexibility index (Phi) is 8.37. The molecule has 0 aliphatic carbocycles. The summed E-state index contributed by atoms with van der Waals surface area (Å²) in [7, 11) is 0. The Labute approximate surface area is 221 Å². The molecule has 0 saturated carbocycles. The summed E-state index contributed by atoms with van der Waals surface area (Å²) in [6.07, 6.45) is 5.68. The van der Waals surface area contributed by atoms with E-state index >= 15 is 0 Å². The van der Waals surface area contributed by atoms with Crippen molar-refractivity contribution in [3.63, 3.8) is 0 Å². The molecule has 1 aliphatic rings. The molecule has 0 fully saturated rings. The summed E-state index contributed by atoms with van der Waals surface area (Å²) in [6, 6.07) is 28.1. The van der Waals surface area contributed by atoms with Gasteiger partial charge in [0.25, 0.3) is 0 Å². The average molecular weight is 494 g/mol. The Balaban J connectivity index is 1.55. The monoisotopic (exact) mass is 493 g/mol. The van der Waals surface area contributed by atoms with E-state index in [1.54, 1.807) is 0 Å².